The number of carbonyl (C=O) groups is 2. The Morgan fingerprint density at radius 2 is 2.05 bits per heavy atom. The van der Waals surface area contributed by atoms with Crippen LogP contribution in [0.3, 0.4) is 0 Å². The van der Waals surface area contributed by atoms with Crippen molar-refractivity contribution in [2.24, 2.45) is 11.3 Å². The monoisotopic (exact) mass is 309 g/mol. The maximum absolute atomic E-state index is 12.8. The molecule has 1 aromatic rings. The molecule has 1 saturated heterocycles. The topological polar surface area (TPSA) is 62.3 Å². The lowest BCUT2D eigenvalue weighted by Gasteiger charge is -2.44. The van der Waals surface area contributed by atoms with E-state index in [0.717, 1.165) is 5.69 Å². The first-order chi connectivity index (χ1) is 9.71. The highest BCUT2D eigenvalue weighted by molar-refractivity contribution is 7.07. The number of nitrogens with one attached hydrogen (secondary N) is 1. The lowest BCUT2D eigenvalue weighted by atomic mass is 9.82. The summed E-state index contributed by atoms with van der Waals surface area (Å²) in [5.41, 5.74) is 2.27. The lowest BCUT2D eigenvalue weighted by molar-refractivity contribution is -0.155. The lowest BCUT2D eigenvalue weighted by Crippen LogP contribution is -2.67. The number of amides is 2. The number of thiazole rings is 1. The van der Waals surface area contributed by atoms with Gasteiger partial charge in [0.2, 0.25) is 11.8 Å². The highest BCUT2D eigenvalue weighted by atomic mass is 32.1. The molecule has 0 aliphatic carbocycles. The van der Waals surface area contributed by atoms with Gasteiger partial charge in [-0.15, -0.1) is 11.3 Å². The minimum Gasteiger partial charge on any atom is -0.342 e. The van der Waals surface area contributed by atoms with Crippen LogP contribution in [0, 0.1) is 11.3 Å². The van der Waals surface area contributed by atoms with Crippen molar-refractivity contribution in [2.75, 3.05) is 0 Å². The Labute approximate surface area is 129 Å². The maximum atomic E-state index is 12.8. The van der Waals surface area contributed by atoms with Crippen LogP contribution in [-0.4, -0.2) is 33.8 Å². The van der Waals surface area contributed by atoms with Crippen molar-refractivity contribution in [1.29, 1.82) is 0 Å². The minimum absolute atomic E-state index is 0.0196. The van der Waals surface area contributed by atoms with Crippen molar-refractivity contribution >= 4 is 23.2 Å². The van der Waals surface area contributed by atoms with Crippen molar-refractivity contribution in [3.05, 3.63) is 16.6 Å². The largest absolute Gasteiger partial charge is 0.342 e. The molecule has 2 unspecified atom stereocenters. The maximum Gasteiger partial charge on any atom is 0.246 e. The third-order valence-electron chi connectivity index (χ3n) is 3.73. The van der Waals surface area contributed by atoms with E-state index in [4.69, 9.17) is 0 Å². The highest BCUT2D eigenvalue weighted by Crippen LogP contribution is 2.28. The number of piperazine rings is 1. The summed E-state index contributed by atoms with van der Waals surface area (Å²) in [7, 11) is 0. The summed E-state index contributed by atoms with van der Waals surface area (Å²) in [6.07, 6.45) is 0. The van der Waals surface area contributed by atoms with Gasteiger partial charge >= 0.3 is 0 Å². The zero-order valence-corrected chi connectivity index (χ0v) is 14.0. The number of hydrogen-bond acceptors (Lipinski definition) is 4. The Hall–Kier alpha value is -1.43. The van der Waals surface area contributed by atoms with Crippen LogP contribution >= 0.6 is 11.3 Å². The molecule has 5 nitrogen and oxygen atoms in total. The van der Waals surface area contributed by atoms with Gasteiger partial charge in [0.25, 0.3) is 0 Å². The summed E-state index contributed by atoms with van der Waals surface area (Å²) in [6, 6.07) is -0.920. The smallest absolute Gasteiger partial charge is 0.246 e. The molecule has 1 aromatic heterocycles. The van der Waals surface area contributed by atoms with E-state index in [0.29, 0.717) is 6.54 Å². The minimum atomic E-state index is -0.487. The molecule has 1 N–H and O–H groups in total. The van der Waals surface area contributed by atoms with Crippen molar-refractivity contribution in [2.45, 2.75) is 53.2 Å². The van der Waals surface area contributed by atoms with Gasteiger partial charge in [0, 0.05) is 5.38 Å². The van der Waals surface area contributed by atoms with Gasteiger partial charge in [-0.05, 0) is 11.3 Å². The van der Waals surface area contributed by atoms with E-state index in [1.54, 1.807) is 10.4 Å². The molecule has 0 saturated carbocycles. The third kappa shape index (κ3) is 3.26. The second-order valence-corrected chi connectivity index (χ2v) is 7.66. The van der Waals surface area contributed by atoms with Crippen molar-refractivity contribution < 1.29 is 9.59 Å². The predicted octanol–water partition coefficient (Wildman–Crippen LogP) is 2.04. The summed E-state index contributed by atoms with van der Waals surface area (Å²) < 4.78 is 0. The van der Waals surface area contributed by atoms with Gasteiger partial charge in [0.15, 0.2) is 0 Å². The molecule has 6 heteroatoms. The fourth-order valence-corrected chi connectivity index (χ4v) is 3.20. The molecule has 0 radical (unpaired) electrons. The molecule has 2 rings (SSSR count). The Bertz CT molecular complexity index is 520. The standard InChI is InChI=1S/C15H23N3O2S/c1-9(2)11-13(19)17-12(15(3,4)5)14(20)18(11)6-10-7-21-8-16-10/h7-9,11-12H,6H2,1-5H3,(H,17,19). The molecular formula is C15H23N3O2S. The van der Waals surface area contributed by atoms with Crippen LogP contribution in [0.5, 0.6) is 0 Å². The van der Waals surface area contributed by atoms with E-state index < -0.39 is 12.1 Å². The van der Waals surface area contributed by atoms with E-state index in [1.165, 1.54) is 11.3 Å². The molecule has 1 fully saturated rings. The Morgan fingerprint density at radius 3 is 2.52 bits per heavy atom. The summed E-state index contributed by atoms with van der Waals surface area (Å²) in [4.78, 5) is 31.2. The van der Waals surface area contributed by atoms with E-state index in [9.17, 15) is 9.59 Å². The SMILES string of the molecule is CC(C)C1C(=O)NC(C(C)(C)C)C(=O)N1Cc1cscn1. The van der Waals surface area contributed by atoms with Gasteiger partial charge < -0.3 is 10.2 Å². The second kappa shape index (κ2) is 5.75. The van der Waals surface area contributed by atoms with Gasteiger partial charge in [0.1, 0.15) is 12.1 Å². The number of carbonyl (C=O) groups excluding carboxylic acids is 2. The summed E-state index contributed by atoms with van der Waals surface area (Å²) in [5, 5.41) is 4.82. The van der Waals surface area contributed by atoms with Gasteiger partial charge in [-0.25, -0.2) is 4.98 Å². The zero-order chi connectivity index (χ0) is 15.8. The predicted molar refractivity (Wildman–Crippen MR) is 82.7 cm³/mol. The van der Waals surface area contributed by atoms with E-state index in [2.05, 4.69) is 10.3 Å². The van der Waals surface area contributed by atoms with E-state index in [-0.39, 0.29) is 23.1 Å². The molecule has 2 amide bonds. The number of aromatic nitrogens is 1. The van der Waals surface area contributed by atoms with Crippen molar-refractivity contribution in [3.63, 3.8) is 0 Å². The Balaban J connectivity index is 2.33. The first-order valence-electron chi connectivity index (χ1n) is 7.19. The zero-order valence-electron chi connectivity index (χ0n) is 13.2. The fraction of sp³-hybridized carbons (Fsp3) is 0.667. The molecule has 2 atom stereocenters. The number of rotatable bonds is 3. The Morgan fingerprint density at radius 1 is 1.38 bits per heavy atom. The van der Waals surface area contributed by atoms with Crippen LogP contribution < -0.4 is 5.32 Å². The van der Waals surface area contributed by atoms with Crippen LogP contribution in [0.25, 0.3) is 0 Å². The van der Waals surface area contributed by atoms with Crippen molar-refractivity contribution in [1.82, 2.24) is 15.2 Å². The quantitative estimate of drug-likeness (QED) is 0.929. The first-order valence-corrected chi connectivity index (χ1v) is 8.14. The third-order valence-corrected chi connectivity index (χ3v) is 4.37. The van der Waals surface area contributed by atoms with E-state index in [1.807, 2.05) is 40.0 Å². The number of hydrogen-bond donors (Lipinski definition) is 1. The van der Waals surface area contributed by atoms with Crippen LogP contribution in [0.4, 0.5) is 0 Å². The van der Waals surface area contributed by atoms with E-state index >= 15 is 0 Å². The summed E-state index contributed by atoms with van der Waals surface area (Å²) in [6.45, 7) is 10.2. The molecule has 2 heterocycles. The summed E-state index contributed by atoms with van der Waals surface area (Å²) in [5.74, 6) is -0.0259. The first kappa shape index (κ1) is 15.9. The molecule has 1 aliphatic rings. The fourth-order valence-electron chi connectivity index (χ4n) is 2.65. The molecule has 0 spiro atoms. The van der Waals surface area contributed by atoms with Crippen LogP contribution in [0.15, 0.2) is 10.9 Å². The molecule has 21 heavy (non-hydrogen) atoms. The molecular weight excluding hydrogens is 286 g/mol. The van der Waals surface area contributed by atoms with Gasteiger partial charge in [-0.3, -0.25) is 9.59 Å². The second-order valence-electron chi connectivity index (χ2n) is 6.94. The average Bonchev–Trinajstić information content (AvgIpc) is 2.84. The summed E-state index contributed by atoms with van der Waals surface area (Å²) >= 11 is 1.50. The van der Waals surface area contributed by atoms with Crippen molar-refractivity contribution in [3.8, 4) is 0 Å². The molecule has 0 aromatic carbocycles. The molecule has 116 valence electrons. The van der Waals surface area contributed by atoms with Crippen LogP contribution in [-0.2, 0) is 16.1 Å². The normalized spacial score (nSPS) is 23.6. The Kier molecular flexibility index (Phi) is 4.37. The molecule has 1 aliphatic heterocycles. The van der Waals surface area contributed by atoms with Crippen LogP contribution in [0.1, 0.15) is 40.3 Å². The highest BCUT2D eigenvalue weighted by Gasteiger charge is 2.46. The number of nitrogens with zero attached hydrogens (tertiary/aromatic N) is 2. The average molecular weight is 309 g/mol. The van der Waals surface area contributed by atoms with Gasteiger partial charge in [-0.2, -0.15) is 0 Å². The molecule has 0 bridgehead atoms. The van der Waals surface area contributed by atoms with Crippen LogP contribution in [0.2, 0.25) is 0 Å². The van der Waals surface area contributed by atoms with Gasteiger partial charge in [0.05, 0.1) is 17.7 Å². The van der Waals surface area contributed by atoms with Gasteiger partial charge in [-0.1, -0.05) is 34.6 Å².